The zero-order valence-corrected chi connectivity index (χ0v) is 11.8. The minimum atomic E-state index is 0.707. The van der Waals surface area contributed by atoms with Crippen LogP contribution in [0.4, 0.5) is 5.69 Å². The molecule has 1 rings (SSSR count). The van der Waals surface area contributed by atoms with Gasteiger partial charge in [0.1, 0.15) is 0 Å². The summed E-state index contributed by atoms with van der Waals surface area (Å²) < 4.78 is 1.17. The molecule has 1 aromatic rings. The van der Waals surface area contributed by atoms with E-state index in [1.807, 2.05) is 0 Å². The van der Waals surface area contributed by atoms with Gasteiger partial charge in [-0.2, -0.15) is 0 Å². The highest BCUT2D eigenvalue weighted by atomic mass is 79.9. The molecule has 90 valence electrons. The largest absolute Gasteiger partial charge is 0.371 e. The van der Waals surface area contributed by atoms with Crippen molar-refractivity contribution in [2.45, 2.75) is 26.7 Å². The van der Waals surface area contributed by atoms with Crippen LogP contribution in [0.25, 0.3) is 0 Å². The lowest BCUT2D eigenvalue weighted by atomic mass is 10.1. The molecule has 0 atom stereocenters. The van der Waals surface area contributed by atoms with Crippen molar-refractivity contribution in [1.82, 2.24) is 0 Å². The van der Waals surface area contributed by atoms with Gasteiger partial charge in [-0.3, -0.25) is 0 Å². The lowest BCUT2D eigenvalue weighted by molar-refractivity contribution is 0.789. The van der Waals surface area contributed by atoms with Crippen LogP contribution in [0.15, 0.2) is 22.7 Å². The van der Waals surface area contributed by atoms with Crippen LogP contribution in [0.1, 0.15) is 25.8 Å². The van der Waals surface area contributed by atoms with Crippen molar-refractivity contribution in [2.75, 3.05) is 24.5 Å². The predicted molar refractivity (Wildman–Crippen MR) is 75.1 cm³/mol. The SMILES string of the molecule is CCCN(CC)c1ccc(CCN)cc1Br. The van der Waals surface area contributed by atoms with E-state index in [1.54, 1.807) is 0 Å². The normalized spacial score (nSPS) is 10.5. The Morgan fingerprint density at radius 1 is 1.31 bits per heavy atom. The third-order valence-corrected chi connectivity index (χ3v) is 3.30. The predicted octanol–water partition coefficient (Wildman–Crippen LogP) is 3.19. The number of rotatable bonds is 6. The van der Waals surface area contributed by atoms with Gasteiger partial charge in [0.25, 0.3) is 0 Å². The average Bonchev–Trinajstić information content (AvgIpc) is 2.27. The molecule has 0 aromatic heterocycles. The summed E-state index contributed by atoms with van der Waals surface area (Å²) in [4.78, 5) is 2.39. The Hall–Kier alpha value is -0.540. The zero-order valence-electron chi connectivity index (χ0n) is 10.2. The summed E-state index contributed by atoms with van der Waals surface area (Å²) >= 11 is 3.65. The fourth-order valence-electron chi connectivity index (χ4n) is 1.85. The Balaban J connectivity index is 2.87. The van der Waals surface area contributed by atoms with Gasteiger partial charge in [-0.15, -0.1) is 0 Å². The van der Waals surface area contributed by atoms with Crippen molar-refractivity contribution >= 4 is 21.6 Å². The third-order valence-electron chi connectivity index (χ3n) is 2.66. The van der Waals surface area contributed by atoms with E-state index in [9.17, 15) is 0 Å². The summed E-state index contributed by atoms with van der Waals surface area (Å²) in [5, 5.41) is 0. The number of halogens is 1. The van der Waals surface area contributed by atoms with E-state index in [1.165, 1.54) is 22.1 Å². The van der Waals surface area contributed by atoms with Crippen LogP contribution < -0.4 is 10.6 Å². The van der Waals surface area contributed by atoms with Gasteiger partial charge in [0.15, 0.2) is 0 Å². The number of hydrogen-bond donors (Lipinski definition) is 1. The highest BCUT2D eigenvalue weighted by Gasteiger charge is 2.07. The molecule has 0 heterocycles. The molecular weight excluding hydrogens is 264 g/mol. The van der Waals surface area contributed by atoms with Gasteiger partial charge < -0.3 is 10.6 Å². The van der Waals surface area contributed by atoms with Crippen LogP contribution in [0.3, 0.4) is 0 Å². The Kier molecular flexibility index (Phi) is 5.85. The Morgan fingerprint density at radius 2 is 2.06 bits per heavy atom. The maximum Gasteiger partial charge on any atom is 0.0510 e. The molecule has 0 aliphatic carbocycles. The molecule has 0 aliphatic heterocycles. The molecule has 16 heavy (non-hydrogen) atoms. The van der Waals surface area contributed by atoms with Crippen LogP contribution in [-0.2, 0) is 6.42 Å². The van der Waals surface area contributed by atoms with Crippen LogP contribution in [0.5, 0.6) is 0 Å². The third kappa shape index (κ3) is 3.49. The Bertz CT molecular complexity index is 326. The zero-order chi connectivity index (χ0) is 12.0. The van der Waals surface area contributed by atoms with Crippen molar-refractivity contribution in [3.8, 4) is 0 Å². The summed E-state index contributed by atoms with van der Waals surface area (Å²) in [6.07, 6.45) is 2.11. The summed E-state index contributed by atoms with van der Waals surface area (Å²) in [6, 6.07) is 6.54. The van der Waals surface area contributed by atoms with E-state index in [4.69, 9.17) is 5.73 Å². The van der Waals surface area contributed by atoms with Crippen LogP contribution in [-0.4, -0.2) is 19.6 Å². The second kappa shape index (κ2) is 6.92. The number of benzene rings is 1. The Morgan fingerprint density at radius 3 is 2.56 bits per heavy atom. The molecule has 3 heteroatoms. The average molecular weight is 285 g/mol. The summed E-state index contributed by atoms with van der Waals surface area (Å²) in [6.45, 7) is 7.25. The first-order valence-corrected chi connectivity index (χ1v) is 6.75. The van der Waals surface area contributed by atoms with Gasteiger partial charge in [0, 0.05) is 17.6 Å². The molecule has 0 radical (unpaired) electrons. The molecule has 0 unspecified atom stereocenters. The van der Waals surface area contributed by atoms with Crippen molar-refractivity contribution in [3.63, 3.8) is 0 Å². The van der Waals surface area contributed by atoms with Gasteiger partial charge >= 0.3 is 0 Å². The van der Waals surface area contributed by atoms with Crippen LogP contribution in [0.2, 0.25) is 0 Å². The molecule has 0 saturated heterocycles. The Labute approximate surface area is 107 Å². The summed E-state index contributed by atoms with van der Waals surface area (Å²) in [5.41, 5.74) is 8.14. The highest BCUT2D eigenvalue weighted by Crippen LogP contribution is 2.27. The van der Waals surface area contributed by atoms with E-state index < -0.39 is 0 Å². The first-order chi connectivity index (χ1) is 7.72. The fourth-order valence-corrected chi connectivity index (χ4v) is 2.52. The molecule has 1 aromatic carbocycles. The van der Waals surface area contributed by atoms with Gasteiger partial charge in [-0.05, 0) is 59.9 Å². The molecule has 0 aliphatic rings. The van der Waals surface area contributed by atoms with Crippen LogP contribution in [0, 0.1) is 0 Å². The molecule has 0 bridgehead atoms. The maximum absolute atomic E-state index is 5.56. The quantitative estimate of drug-likeness (QED) is 0.869. The molecule has 2 nitrogen and oxygen atoms in total. The number of hydrogen-bond acceptors (Lipinski definition) is 2. The molecular formula is C13H21BrN2. The van der Waals surface area contributed by atoms with E-state index in [0.717, 1.165) is 19.5 Å². The lowest BCUT2D eigenvalue weighted by Gasteiger charge is -2.24. The molecule has 0 saturated carbocycles. The highest BCUT2D eigenvalue weighted by molar-refractivity contribution is 9.10. The van der Waals surface area contributed by atoms with Crippen molar-refractivity contribution in [1.29, 1.82) is 0 Å². The molecule has 2 N–H and O–H groups in total. The van der Waals surface area contributed by atoms with Crippen LogP contribution >= 0.6 is 15.9 Å². The first kappa shape index (κ1) is 13.5. The topological polar surface area (TPSA) is 29.3 Å². The van der Waals surface area contributed by atoms with Gasteiger partial charge in [0.05, 0.1) is 5.69 Å². The number of nitrogens with two attached hydrogens (primary N) is 1. The van der Waals surface area contributed by atoms with E-state index in [2.05, 4.69) is 52.9 Å². The van der Waals surface area contributed by atoms with E-state index >= 15 is 0 Å². The second-order valence-corrected chi connectivity index (χ2v) is 4.76. The minimum absolute atomic E-state index is 0.707. The van der Waals surface area contributed by atoms with Crippen molar-refractivity contribution in [2.24, 2.45) is 5.73 Å². The maximum atomic E-state index is 5.56. The summed E-state index contributed by atoms with van der Waals surface area (Å²) in [5.74, 6) is 0. The van der Waals surface area contributed by atoms with Gasteiger partial charge in [0.2, 0.25) is 0 Å². The first-order valence-electron chi connectivity index (χ1n) is 5.96. The standard InChI is InChI=1S/C13H21BrN2/c1-3-9-16(4-2)13-6-5-11(7-8-15)10-12(13)14/h5-6,10H,3-4,7-9,15H2,1-2H3. The molecule has 0 fully saturated rings. The van der Waals surface area contributed by atoms with Gasteiger partial charge in [-0.25, -0.2) is 0 Å². The smallest absolute Gasteiger partial charge is 0.0510 e. The number of anilines is 1. The van der Waals surface area contributed by atoms with Gasteiger partial charge in [-0.1, -0.05) is 13.0 Å². The van der Waals surface area contributed by atoms with Crippen molar-refractivity contribution < 1.29 is 0 Å². The lowest BCUT2D eigenvalue weighted by Crippen LogP contribution is -2.23. The monoisotopic (exact) mass is 284 g/mol. The summed E-state index contributed by atoms with van der Waals surface area (Å²) in [7, 11) is 0. The number of nitrogens with zero attached hydrogens (tertiary/aromatic N) is 1. The second-order valence-electron chi connectivity index (χ2n) is 3.90. The minimum Gasteiger partial charge on any atom is -0.371 e. The molecule has 0 amide bonds. The fraction of sp³-hybridized carbons (Fsp3) is 0.538. The van der Waals surface area contributed by atoms with E-state index in [0.29, 0.717) is 6.54 Å². The molecule has 0 spiro atoms. The van der Waals surface area contributed by atoms with E-state index in [-0.39, 0.29) is 0 Å². The van der Waals surface area contributed by atoms with Crippen molar-refractivity contribution in [3.05, 3.63) is 28.2 Å².